The van der Waals surface area contributed by atoms with E-state index in [4.69, 9.17) is 11.6 Å². The largest absolute Gasteiger partial charge is 0.313 e. The molecule has 0 amide bonds. The van der Waals surface area contributed by atoms with E-state index in [-0.39, 0.29) is 0 Å². The maximum atomic E-state index is 6.18. The third-order valence-electron chi connectivity index (χ3n) is 3.22. The normalized spacial score (nSPS) is 13.8. The van der Waals surface area contributed by atoms with Gasteiger partial charge in [-0.1, -0.05) is 44.5 Å². The van der Waals surface area contributed by atoms with Gasteiger partial charge in [-0.3, -0.25) is 0 Å². The molecular weight excluding hydrogens is 230 g/mol. The van der Waals surface area contributed by atoms with E-state index in [0.29, 0.717) is 11.5 Å². The summed E-state index contributed by atoms with van der Waals surface area (Å²) in [5.41, 5.74) is 2.90. The summed E-state index contributed by atoms with van der Waals surface area (Å²) < 4.78 is 0. The van der Waals surface area contributed by atoms with E-state index in [1.54, 1.807) is 0 Å². The molecular formula is C15H24ClN. The van der Waals surface area contributed by atoms with Gasteiger partial charge in [-0.15, -0.1) is 0 Å². The van der Waals surface area contributed by atoms with E-state index in [9.17, 15) is 0 Å². The van der Waals surface area contributed by atoms with Crippen molar-refractivity contribution in [3.05, 3.63) is 34.3 Å². The zero-order chi connectivity index (χ0) is 13.1. The Balaban J connectivity index is 2.83. The monoisotopic (exact) mass is 253 g/mol. The number of halogens is 1. The van der Waals surface area contributed by atoms with Crippen LogP contribution in [-0.4, -0.2) is 7.05 Å². The number of benzene rings is 1. The summed E-state index contributed by atoms with van der Waals surface area (Å²) in [5.74, 6) is 0. The highest BCUT2D eigenvalue weighted by Crippen LogP contribution is 2.30. The van der Waals surface area contributed by atoms with Gasteiger partial charge in [-0.05, 0) is 49.4 Å². The van der Waals surface area contributed by atoms with Crippen LogP contribution in [0.3, 0.4) is 0 Å². The smallest absolute Gasteiger partial charge is 0.0438 e. The van der Waals surface area contributed by atoms with Gasteiger partial charge in [0, 0.05) is 11.1 Å². The highest BCUT2D eigenvalue weighted by molar-refractivity contribution is 6.31. The molecule has 1 atom stereocenters. The first-order valence-corrected chi connectivity index (χ1v) is 6.65. The predicted molar refractivity (Wildman–Crippen MR) is 76.7 cm³/mol. The van der Waals surface area contributed by atoms with E-state index in [1.807, 2.05) is 19.2 Å². The maximum Gasteiger partial charge on any atom is 0.0438 e. The fourth-order valence-corrected chi connectivity index (χ4v) is 2.22. The first-order chi connectivity index (χ1) is 7.85. The molecule has 2 heteroatoms. The number of nitrogens with one attached hydrogen (secondary N) is 1. The highest BCUT2D eigenvalue weighted by Gasteiger charge is 2.17. The average Bonchev–Trinajstić information content (AvgIpc) is 2.23. The molecule has 1 N–H and O–H groups in total. The first-order valence-electron chi connectivity index (χ1n) is 6.27. The summed E-state index contributed by atoms with van der Waals surface area (Å²) in [5, 5.41) is 4.26. The summed E-state index contributed by atoms with van der Waals surface area (Å²) in [6, 6.07) is 6.56. The maximum absolute atomic E-state index is 6.18. The summed E-state index contributed by atoms with van der Waals surface area (Å²) in [7, 11) is 2.02. The van der Waals surface area contributed by atoms with Crippen LogP contribution in [-0.2, 0) is 0 Å². The summed E-state index contributed by atoms with van der Waals surface area (Å²) in [6.45, 7) is 8.94. The zero-order valence-corrected chi connectivity index (χ0v) is 12.4. The molecule has 1 aromatic rings. The molecule has 1 unspecified atom stereocenters. The Bertz CT molecular complexity index is 366. The molecule has 0 saturated heterocycles. The molecule has 17 heavy (non-hydrogen) atoms. The summed E-state index contributed by atoms with van der Waals surface area (Å²) in [4.78, 5) is 0. The van der Waals surface area contributed by atoms with Crippen LogP contribution in [0.4, 0.5) is 0 Å². The summed E-state index contributed by atoms with van der Waals surface area (Å²) >= 11 is 6.18. The van der Waals surface area contributed by atoms with Gasteiger partial charge in [0.05, 0.1) is 0 Å². The Labute approximate surface area is 111 Å². The Hall–Kier alpha value is -0.530. The van der Waals surface area contributed by atoms with E-state index in [0.717, 1.165) is 11.4 Å². The van der Waals surface area contributed by atoms with E-state index >= 15 is 0 Å². The zero-order valence-electron chi connectivity index (χ0n) is 11.6. The lowest BCUT2D eigenvalue weighted by Gasteiger charge is -2.24. The molecule has 0 aliphatic heterocycles. The van der Waals surface area contributed by atoms with Gasteiger partial charge in [0.2, 0.25) is 0 Å². The minimum Gasteiger partial charge on any atom is -0.313 e. The molecule has 1 aromatic carbocycles. The Morgan fingerprint density at radius 1 is 1.29 bits per heavy atom. The van der Waals surface area contributed by atoms with Gasteiger partial charge in [0.15, 0.2) is 0 Å². The van der Waals surface area contributed by atoms with Crippen LogP contribution in [0.15, 0.2) is 18.2 Å². The topological polar surface area (TPSA) is 12.0 Å². The number of hydrogen-bond donors (Lipinski definition) is 1. The van der Waals surface area contributed by atoms with Crippen LogP contribution < -0.4 is 5.32 Å². The molecule has 0 spiro atoms. The molecule has 0 heterocycles. The van der Waals surface area contributed by atoms with Crippen LogP contribution in [0.2, 0.25) is 5.02 Å². The van der Waals surface area contributed by atoms with Crippen LogP contribution in [0.1, 0.15) is 50.8 Å². The van der Waals surface area contributed by atoms with E-state index in [2.05, 4.69) is 39.1 Å². The minimum absolute atomic E-state index is 0.377. The third kappa shape index (κ3) is 4.33. The quantitative estimate of drug-likeness (QED) is 0.818. The Morgan fingerprint density at radius 2 is 1.94 bits per heavy atom. The van der Waals surface area contributed by atoms with Crippen LogP contribution >= 0.6 is 11.6 Å². The molecule has 96 valence electrons. The molecule has 1 rings (SSSR count). The first kappa shape index (κ1) is 14.5. The van der Waals surface area contributed by atoms with Crippen molar-refractivity contribution in [1.82, 2.24) is 5.32 Å². The van der Waals surface area contributed by atoms with E-state index in [1.165, 1.54) is 17.5 Å². The van der Waals surface area contributed by atoms with Crippen molar-refractivity contribution in [3.8, 4) is 0 Å². The van der Waals surface area contributed by atoms with Crippen molar-refractivity contribution in [2.45, 2.75) is 46.6 Å². The van der Waals surface area contributed by atoms with Crippen LogP contribution in [0, 0.1) is 12.3 Å². The molecule has 0 aliphatic carbocycles. The molecule has 0 fully saturated rings. The van der Waals surface area contributed by atoms with Crippen molar-refractivity contribution >= 4 is 11.6 Å². The Kier molecular flexibility index (Phi) is 5.03. The molecule has 0 bridgehead atoms. The summed E-state index contributed by atoms with van der Waals surface area (Å²) in [6.07, 6.45) is 2.34. The lowest BCUT2D eigenvalue weighted by Crippen LogP contribution is -2.19. The minimum atomic E-state index is 0.377. The molecule has 0 aromatic heterocycles. The predicted octanol–water partition coefficient (Wildman–Crippen LogP) is 4.74. The fourth-order valence-electron chi connectivity index (χ4n) is 2.03. The van der Waals surface area contributed by atoms with Crippen molar-refractivity contribution in [3.63, 3.8) is 0 Å². The lowest BCUT2D eigenvalue weighted by molar-refractivity contribution is 0.337. The van der Waals surface area contributed by atoms with Crippen LogP contribution in [0.5, 0.6) is 0 Å². The van der Waals surface area contributed by atoms with Gasteiger partial charge in [0.25, 0.3) is 0 Å². The molecule has 0 saturated carbocycles. The Morgan fingerprint density at radius 3 is 2.47 bits per heavy atom. The second kappa shape index (κ2) is 5.88. The van der Waals surface area contributed by atoms with Crippen molar-refractivity contribution in [2.75, 3.05) is 7.05 Å². The second-order valence-corrected chi connectivity index (χ2v) is 6.30. The molecule has 0 aliphatic rings. The average molecular weight is 254 g/mol. The fraction of sp³-hybridized carbons (Fsp3) is 0.600. The van der Waals surface area contributed by atoms with Crippen molar-refractivity contribution in [2.24, 2.45) is 5.41 Å². The number of rotatable bonds is 4. The van der Waals surface area contributed by atoms with Gasteiger partial charge in [0.1, 0.15) is 0 Å². The van der Waals surface area contributed by atoms with E-state index < -0.39 is 0 Å². The van der Waals surface area contributed by atoms with Crippen molar-refractivity contribution in [1.29, 1.82) is 0 Å². The molecule has 1 nitrogen and oxygen atoms in total. The highest BCUT2D eigenvalue weighted by atomic mass is 35.5. The molecule has 0 radical (unpaired) electrons. The van der Waals surface area contributed by atoms with Crippen molar-refractivity contribution < 1.29 is 0 Å². The standard InChI is InChI=1S/C15H24ClN/c1-11-12(7-6-8-13(11)16)14(17-5)9-10-15(2,3)4/h6-8,14,17H,9-10H2,1-5H3. The van der Waals surface area contributed by atoms with Gasteiger partial charge in [-0.25, -0.2) is 0 Å². The van der Waals surface area contributed by atoms with Gasteiger partial charge < -0.3 is 5.32 Å². The lowest BCUT2D eigenvalue weighted by atomic mass is 9.86. The second-order valence-electron chi connectivity index (χ2n) is 5.89. The van der Waals surface area contributed by atoms with Gasteiger partial charge >= 0.3 is 0 Å². The number of hydrogen-bond acceptors (Lipinski definition) is 1. The third-order valence-corrected chi connectivity index (χ3v) is 3.63. The van der Waals surface area contributed by atoms with Crippen LogP contribution in [0.25, 0.3) is 0 Å². The SMILES string of the molecule is CNC(CCC(C)(C)C)c1cccc(Cl)c1C. The van der Waals surface area contributed by atoms with Gasteiger partial charge in [-0.2, -0.15) is 0 Å².